The van der Waals surface area contributed by atoms with Gasteiger partial charge in [0, 0.05) is 10.0 Å². The van der Waals surface area contributed by atoms with Gasteiger partial charge in [-0.2, -0.15) is 0 Å². The van der Waals surface area contributed by atoms with Crippen molar-refractivity contribution in [1.29, 1.82) is 0 Å². The number of rotatable bonds is 1. The predicted molar refractivity (Wildman–Crippen MR) is 48.0 cm³/mol. The number of halogens is 1. The van der Waals surface area contributed by atoms with E-state index in [2.05, 4.69) is 35.0 Å². The van der Waals surface area contributed by atoms with Gasteiger partial charge >= 0.3 is 0 Å². The normalized spacial score (nSPS) is 32.1. The van der Waals surface area contributed by atoms with Crippen molar-refractivity contribution in [2.75, 3.05) is 0 Å². The second-order valence-corrected chi connectivity index (χ2v) is 3.63. The fraction of sp³-hybridized carbons (Fsp3) is 0.500. The minimum absolute atomic E-state index is 0.0860. The number of hydrogen-bond donors (Lipinski definition) is 1. The van der Waals surface area contributed by atoms with Crippen LogP contribution < -0.4 is 5.73 Å². The molecule has 0 heterocycles. The lowest BCUT2D eigenvalue weighted by Gasteiger charge is -2.25. The first kappa shape index (κ1) is 8.02. The summed E-state index contributed by atoms with van der Waals surface area (Å²) < 4.78 is 1.14. The predicted octanol–water partition coefficient (Wildman–Crippen LogP) is 2.33. The van der Waals surface area contributed by atoms with E-state index in [0.29, 0.717) is 0 Å². The third-order valence-corrected chi connectivity index (χ3v) is 2.50. The molecule has 1 atom stereocenters. The lowest BCUT2D eigenvalue weighted by molar-refractivity contribution is 0.513. The Kier molecular flexibility index (Phi) is 2.32. The van der Waals surface area contributed by atoms with Crippen molar-refractivity contribution >= 4 is 15.9 Å². The zero-order valence-electron chi connectivity index (χ0n) is 6.10. The first-order chi connectivity index (χ1) is 4.66. The van der Waals surface area contributed by atoms with Gasteiger partial charge in [0.1, 0.15) is 0 Å². The van der Waals surface area contributed by atoms with Crippen LogP contribution in [0.25, 0.3) is 0 Å². The van der Waals surface area contributed by atoms with Gasteiger partial charge in [0.15, 0.2) is 0 Å². The van der Waals surface area contributed by atoms with Crippen molar-refractivity contribution in [1.82, 2.24) is 0 Å². The van der Waals surface area contributed by atoms with E-state index in [1.807, 2.05) is 6.08 Å². The molecule has 0 fully saturated rings. The molecule has 0 saturated carbocycles. The van der Waals surface area contributed by atoms with E-state index in [1.54, 1.807) is 0 Å². The molecule has 0 aromatic rings. The summed E-state index contributed by atoms with van der Waals surface area (Å²) in [6, 6.07) is 0. The molecule has 0 aliphatic heterocycles. The maximum Gasteiger partial charge on any atom is 0.0375 e. The molecule has 2 heteroatoms. The summed E-state index contributed by atoms with van der Waals surface area (Å²) in [5, 5.41) is 0. The van der Waals surface area contributed by atoms with Gasteiger partial charge in [-0.1, -0.05) is 41.1 Å². The highest BCUT2D eigenvalue weighted by molar-refractivity contribution is 9.11. The molecular formula is C8H12BrN. The number of nitrogens with two attached hydrogens (primary N) is 1. The molecule has 0 spiro atoms. The molecule has 0 amide bonds. The van der Waals surface area contributed by atoms with E-state index < -0.39 is 0 Å². The molecule has 0 bridgehead atoms. The van der Waals surface area contributed by atoms with Crippen molar-refractivity contribution in [3.05, 3.63) is 22.7 Å². The van der Waals surface area contributed by atoms with Gasteiger partial charge in [0.25, 0.3) is 0 Å². The standard InChI is InChI=1S/C8H12BrN/c1-2-8(10)5-3-7(9)4-6-8/h3-5H,2,6,10H2,1H3. The minimum Gasteiger partial charge on any atom is -0.322 e. The van der Waals surface area contributed by atoms with E-state index in [4.69, 9.17) is 5.73 Å². The maximum atomic E-state index is 5.97. The monoisotopic (exact) mass is 201 g/mol. The summed E-state index contributed by atoms with van der Waals surface area (Å²) in [5.41, 5.74) is 5.88. The fourth-order valence-electron chi connectivity index (χ4n) is 0.931. The molecule has 1 aliphatic carbocycles. The second-order valence-electron chi connectivity index (χ2n) is 2.71. The first-order valence-corrected chi connectivity index (χ1v) is 4.29. The van der Waals surface area contributed by atoms with Crippen LogP contribution in [0.1, 0.15) is 19.8 Å². The first-order valence-electron chi connectivity index (χ1n) is 3.50. The average Bonchev–Trinajstić information content (AvgIpc) is 1.96. The number of allylic oxidation sites excluding steroid dienone is 2. The molecule has 56 valence electrons. The highest BCUT2D eigenvalue weighted by Crippen LogP contribution is 2.23. The summed E-state index contributed by atoms with van der Waals surface area (Å²) in [6.07, 6.45) is 8.15. The molecule has 0 radical (unpaired) electrons. The second kappa shape index (κ2) is 2.89. The molecule has 1 rings (SSSR count). The molecule has 1 nitrogen and oxygen atoms in total. The summed E-state index contributed by atoms with van der Waals surface area (Å²) >= 11 is 3.39. The SMILES string of the molecule is CCC1(N)C=CC(Br)=CC1. The Morgan fingerprint density at radius 3 is 2.90 bits per heavy atom. The highest BCUT2D eigenvalue weighted by atomic mass is 79.9. The maximum absolute atomic E-state index is 5.97. The van der Waals surface area contributed by atoms with Gasteiger partial charge in [0.2, 0.25) is 0 Å². The van der Waals surface area contributed by atoms with Gasteiger partial charge in [0.05, 0.1) is 0 Å². The zero-order valence-corrected chi connectivity index (χ0v) is 7.69. The third-order valence-electron chi connectivity index (χ3n) is 1.91. The van der Waals surface area contributed by atoms with Gasteiger partial charge < -0.3 is 5.73 Å². The van der Waals surface area contributed by atoms with Crippen molar-refractivity contribution in [3.63, 3.8) is 0 Å². The van der Waals surface area contributed by atoms with Crippen LogP contribution in [0.5, 0.6) is 0 Å². The largest absolute Gasteiger partial charge is 0.322 e. The molecule has 0 saturated heterocycles. The van der Waals surface area contributed by atoms with Gasteiger partial charge in [-0.3, -0.25) is 0 Å². The summed E-state index contributed by atoms with van der Waals surface area (Å²) in [4.78, 5) is 0. The Balaban J connectivity index is 2.67. The smallest absolute Gasteiger partial charge is 0.0375 e. The lowest BCUT2D eigenvalue weighted by Crippen LogP contribution is -2.36. The molecule has 0 aromatic heterocycles. The van der Waals surface area contributed by atoms with E-state index >= 15 is 0 Å². The molecule has 1 unspecified atom stereocenters. The average molecular weight is 202 g/mol. The molecule has 0 aromatic carbocycles. The van der Waals surface area contributed by atoms with Crippen molar-refractivity contribution in [2.24, 2.45) is 5.73 Å². The molecule has 1 aliphatic rings. The Bertz CT molecular complexity index is 184. The Morgan fingerprint density at radius 2 is 2.50 bits per heavy atom. The molecular weight excluding hydrogens is 190 g/mol. The van der Waals surface area contributed by atoms with Crippen LogP contribution in [0.15, 0.2) is 22.7 Å². The summed E-state index contributed by atoms with van der Waals surface area (Å²) in [5.74, 6) is 0. The van der Waals surface area contributed by atoms with Gasteiger partial charge in [-0.05, 0) is 12.8 Å². The van der Waals surface area contributed by atoms with Crippen LogP contribution in [0.2, 0.25) is 0 Å². The topological polar surface area (TPSA) is 26.0 Å². The lowest BCUT2D eigenvalue weighted by atomic mass is 9.90. The molecule has 2 N–H and O–H groups in total. The van der Waals surface area contributed by atoms with Crippen molar-refractivity contribution in [3.8, 4) is 0 Å². The summed E-state index contributed by atoms with van der Waals surface area (Å²) in [6.45, 7) is 2.11. The number of hydrogen-bond acceptors (Lipinski definition) is 1. The van der Waals surface area contributed by atoms with Gasteiger partial charge in [-0.15, -0.1) is 0 Å². The Morgan fingerprint density at radius 1 is 1.80 bits per heavy atom. The van der Waals surface area contributed by atoms with Crippen LogP contribution >= 0.6 is 15.9 Å². The van der Waals surface area contributed by atoms with Crippen LogP contribution in [0.4, 0.5) is 0 Å². The van der Waals surface area contributed by atoms with Crippen LogP contribution in [-0.2, 0) is 0 Å². The van der Waals surface area contributed by atoms with Crippen molar-refractivity contribution < 1.29 is 0 Å². The van der Waals surface area contributed by atoms with E-state index in [0.717, 1.165) is 17.3 Å². The zero-order chi connectivity index (χ0) is 7.61. The Hall–Kier alpha value is -0.0800. The van der Waals surface area contributed by atoms with E-state index in [1.165, 1.54) is 0 Å². The van der Waals surface area contributed by atoms with Crippen LogP contribution in [-0.4, -0.2) is 5.54 Å². The van der Waals surface area contributed by atoms with Crippen LogP contribution in [0, 0.1) is 0 Å². The van der Waals surface area contributed by atoms with E-state index in [-0.39, 0.29) is 5.54 Å². The van der Waals surface area contributed by atoms with E-state index in [9.17, 15) is 0 Å². The van der Waals surface area contributed by atoms with Crippen LogP contribution in [0.3, 0.4) is 0 Å². The quantitative estimate of drug-likeness (QED) is 0.693. The summed E-state index contributed by atoms with van der Waals surface area (Å²) in [7, 11) is 0. The van der Waals surface area contributed by atoms with Crippen molar-refractivity contribution in [2.45, 2.75) is 25.3 Å². The van der Waals surface area contributed by atoms with Gasteiger partial charge in [-0.25, -0.2) is 0 Å². The minimum atomic E-state index is -0.0860. The Labute approximate surface area is 70.1 Å². The third kappa shape index (κ3) is 1.70. The fourth-order valence-corrected chi connectivity index (χ4v) is 1.23. The molecule has 10 heavy (non-hydrogen) atoms. The highest BCUT2D eigenvalue weighted by Gasteiger charge is 2.19.